The largest absolute Gasteiger partial charge is 0.491 e. The molecule has 0 spiro atoms. The van der Waals surface area contributed by atoms with Gasteiger partial charge < -0.3 is 19.1 Å². The zero-order valence-corrected chi connectivity index (χ0v) is 24.9. The lowest BCUT2D eigenvalue weighted by atomic mass is 10.2. The molecule has 0 unspecified atom stereocenters. The van der Waals surface area contributed by atoms with Gasteiger partial charge in [-0.05, 0) is 65.8 Å². The van der Waals surface area contributed by atoms with Gasteiger partial charge in [-0.3, -0.25) is 10.1 Å². The van der Waals surface area contributed by atoms with Crippen molar-refractivity contribution >= 4 is 28.5 Å². The van der Waals surface area contributed by atoms with E-state index in [-0.39, 0.29) is 18.1 Å². The summed E-state index contributed by atoms with van der Waals surface area (Å²) in [6, 6.07) is 12.8. The molecule has 8 nitrogen and oxygen atoms in total. The summed E-state index contributed by atoms with van der Waals surface area (Å²) in [6.45, 7) is 16.3. The quantitative estimate of drug-likeness (QED) is 0.338. The van der Waals surface area contributed by atoms with Crippen LogP contribution in [0.5, 0.6) is 17.2 Å². The summed E-state index contributed by atoms with van der Waals surface area (Å²) >= 11 is 1.37. The number of rotatable bonds is 6. The number of thiazole rings is 1. The highest BCUT2D eigenvalue weighted by Crippen LogP contribution is 2.31. The number of benzene rings is 2. The summed E-state index contributed by atoms with van der Waals surface area (Å²) in [5.74, 6) is 1.38. The van der Waals surface area contributed by atoms with Crippen LogP contribution in [-0.2, 0) is 17.7 Å². The minimum atomic E-state index is -0.556. The number of carbonyl (C=O) groups excluding carboxylic acids is 2. The SMILES string of the molecule is CC.Cc1ccc(Oc2cc(OC(C)C)cc(C(=O)Nc3nc4c(s3)CN(C(=O)OC(C)(C)C)CC4)c2)cc1. The highest BCUT2D eigenvalue weighted by atomic mass is 32.1. The second-order valence-corrected chi connectivity index (χ2v) is 11.4. The molecular weight excluding hydrogens is 514 g/mol. The van der Waals surface area contributed by atoms with E-state index in [1.807, 2.05) is 79.7 Å². The average molecular weight is 554 g/mol. The first-order valence-corrected chi connectivity index (χ1v) is 14.1. The van der Waals surface area contributed by atoms with Gasteiger partial charge in [0.15, 0.2) is 5.13 Å². The van der Waals surface area contributed by atoms with Crippen LogP contribution in [0.3, 0.4) is 0 Å². The second kappa shape index (κ2) is 13.0. The Morgan fingerprint density at radius 2 is 1.69 bits per heavy atom. The summed E-state index contributed by atoms with van der Waals surface area (Å²) in [5, 5.41) is 3.38. The van der Waals surface area contributed by atoms with Gasteiger partial charge in [0, 0.05) is 29.5 Å². The van der Waals surface area contributed by atoms with E-state index < -0.39 is 5.60 Å². The molecule has 4 rings (SSSR count). The molecule has 0 bridgehead atoms. The predicted molar refractivity (Wildman–Crippen MR) is 155 cm³/mol. The molecule has 210 valence electrons. The van der Waals surface area contributed by atoms with Gasteiger partial charge in [-0.1, -0.05) is 42.9 Å². The molecule has 9 heteroatoms. The van der Waals surface area contributed by atoms with Gasteiger partial charge >= 0.3 is 6.09 Å². The molecule has 1 aliphatic rings. The Morgan fingerprint density at radius 1 is 1.03 bits per heavy atom. The standard InChI is InChI=1S/C28H33N3O5S.C2H6/c1-17(2)34-21-13-19(14-22(15-21)35-20-9-7-18(3)8-10-20)25(32)30-26-29-23-11-12-31(16-24(23)37-26)27(33)36-28(4,5)6;1-2/h7-10,13-15,17H,11-12,16H2,1-6H3,(H,29,30,32);1-2H3. The zero-order valence-electron chi connectivity index (χ0n) is 24.1. The van der Waals surface area contributed by atoms with Gasteiger partial charge in [-0.2, -0.15) is 0 Å². The van der Waals surface area contributed by atoms with E-state index in [9.17, 15) is 9.59 Å². The van der Waals surface area contributed by atoms with Crippen LogP contribution in [0.1, 0.15) is 75.0 Å². The molecule has 0 radical (unpaired) electrons. The van der Waals surface area contributed by atoms with E-state index in [0.29, 0.717) is 47.5 Å². The molecule has 0 aliphatic carbocycles. The van der Waals surface area contributed by atoms with Crippen molar-refractivity contribution < 1.29 is 23.8 Å². The molecule has 2 amide bonds. The molecule has 0 atom stereocenters. The van der Waals surface area contributed by atoms with Crippen LogP contribution in [0, 0.1) is 6.92 Å². The smallest absolute Gasteiger partial charge is 0.410 e. The summed E-state index contributed by atoms with van der Waals surface area (Å²) < 4.78 is 17.4. The number of ether oxygens (including phenoxy) is 3. The fourth-order valence-electron chi connectivity index (χ4n) is 3.74. The van der Waals surface area contributed by atoms with E-state index in [1.54, 1.807) is 23.1 Å². The normalized spacial score (nSPS) is 12.7. The Bertz CT molecular complexity index is 1280. The summed E-state index contributed by atoms with van der Waals surface area (Å²) in [7, 11) is 0. The van der Waals surface area contributed by atoms with Crippen LogP contribution in [-0.4, -0.2) is 40.1 Å². The lowest BCUT2D eigenvalue weighted by molar-refractivity contribution is 0.0225. The number of anilines is 1. The number of aryl methyl sites for hydroxylation is 1. The predicted octanol–water partition coefficient (Wildman–Crippen LogP) is 7.60. The number of fused-ring (bicyclic) bond motifs is 1. The minimum absolute atomic E-state index is 0.0656. The zero-order chi connectivity index (χ0) is 28.7. The van der Waals surface area contributed by atoms with Crippen LogP contribution in [0.25, 0.3) is 0 Å². The number of nitrogens with zero attached hydrogens (tertiary/aromatic N) is 2. The number of nitrogens with one attached hydrogen (secondary N) is 1. The minimum Gasteiger partial charge on any atom is -0.491 e. The van der Waals surface area contributed by atoms with E-state index in [0.717, 1.165) is 16.1 Å². The van der Waals surface area contributed by atoms with Crippen molar-refractivity contribution in [1.82, 2.24) is 9.88 Å². The number of aromatic nitrogens is 1. The summed E-state index contributed by atoms with van der Waals surface area (Å²) in [6.07, 6.45) is 0.192. The van der Waals surface area contributed by atoms with Gasteiger partial charge in [-0.15, -0.1) is 0 Å². The fourth-order valence-corrected chi connectivity index (χ4v) is 4.76. The van der Waals surface area contributed by atoms with E-state index in [4.69, 9.17) is 14.2 Å². The number of hydrogen-bond donors (Lipinski definition) is 1. The monoisotopic (exact) mass is 553 g/mol. The maximum Gasteiger partial charge on any atom is 0.410 e. The third-order valence-corrected chi connectivity index (χ3v) is 6.37. The molecule has 2 aromatic carbocycles. The van der Waals surface area contributed by atoms with Gasteiger partial charge in [0.2, 0.25) is 0 Å². The Hall–Kier alpha value is -3.59. The van der Waals surface area contributed by atoms with E-state index in [2.05, 4.69) is 10.3 Å². The Kier molecular flexibility index (Phi) is 9.97. The van der Waals surface area contributed by atoms with Gasteiger partial charge in [-0.25, -0.2) is 9.78 Å². The second-order valence-electron chi connectivity index (χ2n) is 10.3. The molecule has 0 saturated heterocycles. The number of amides is 2. The van der Waals surface area contributed by atoms with Crippen molar-refractivity contribution in [3.05, 3.63) is 64.2 Å². The highest BCUT2D eigenvalue weighted by Gasteiger charge is 2.28. The molecule has 39 heavy (non-hydrogen) atoms. The van der Waals surface area contributed by atoms with Crippen molar-refractivity contribution in [2.24, 2.45) is 0 Å². The number of hydrogen-bond acceptors (Lipinski definition) is 7. The molecule has 1 N–H and O–H groups in total. The third kappa shape index (κ3) is 8.71. The van der Waals surface area contributed by atoms with Crippen LogP contribution < -0.4 is 14.8 Å². The maximum atomic E-state index is 13.2. The van der Waals surface area contributed by atoms with Crippen molar-refractivity contribution in [3.8, 4) is 17.2 Å². The first-order chi connectivity index (χ1) is 18.4. The molecule has 0 saturated carbocycles. The van der Waals surface area contributed by atoms with Gasteiger partial charge in [0.1, 0.15) is 22.8 Å². The van der Waals surface area contributed by atoms with Gasteiger partial charge in [0.25, 0.3) is 5.91 Å². The Morgan fingerprint density at radius 3 is 2.33 bits per heavy atom. The maximum absolute atomic E-state index is 13.2. The van der Waals surface area contributed by atoms with Crippen molar-refractivity contribution in [2.75, 3.05) is 11.9 Å². The lowest BCUT2D eigenvalue weighted by Gasteiger charge is -2.29. The third-order valence-electron chi connectivity index (χ3n) is 5.37. The molecule has 1 aliphatic heterocycles. The topological polar surface area (TPSA) is 90.0 Å². The molecule has 0 fully saturated rings. The van der Waals surface area contributed by atoms with Crippen LogP contribution in [0.2, 0.25) is 0 Å². The molecular formula is C30H39N3O5S. The van der Waals surface area contributed by atoms with E-state index >= 15 is 0 Å². The Labute approximate surface area is 235 Å². The van der Waals surface area contributed by atoms with Crippen LogP contribution >= 0.6 is 11.3 Å². The summed E-state index contributed by atoms with van der Waals surface area (Å²) in [5.41, 5.74) is 1.86. The average Bonchev–Trinajstić information content (AvgIpc) is 3.26. The highest BCUT2D eigenvalue weighted by molar-refractivity contribution is 7.15. The molecule has 3 aromatic rings. The van der Waals surface area contributed by atoms with Crippen molar-refractivity contribution in [3.63, 3.8) is 0 Å². The van der Waals surface area contributed by atoms with Crippen molar-refractivity contribution in [2.45, 2.75) is 80.1 Å². The number of carbonyl (C=O) groups is 2. The van der Waals surface area contributed by atoms with Crippen LogP contribution in [0.4, 0.5) is 9.93 Å². The lowest BCUT2D eigenvalue weighted by Crippen LogP contribution is -2.39. The molecule has 1 aromatic heterocycles. The van der Waals surface area contributed by atoms with Crippen molar-refractivity contribution in [1.29, 1.82) is 0 Å². The first-order valence-electron chi connectivity index (χ1n) is 13.3. The summed E-state index contributed by atoms with van der Waals surface area (Å²) in [4.78, 5) is 32.9. The van der Waals surface area contributed by atoms with E-state index in [1.165, 1.54) is 11.3 Å². The van der Waals surface area contributed by atoms with Crippen LogP contribution in [0.15, 0.2) is 42.5 Å². The van der Waals surface area contributed by atoms with Gasteiger partial charge in [0.05, 0.1) is 18.3 Å². The molecule has 2 heterocycles. The Balaban J connectivity index is 0.00000205. The first kappa shape index (κ1) is 30.0. The fraction of sp³-hybridized carbons (Fsp3) is 0.433.